The van der Waals surface area contributed by atoms with E-state index in [1.54, 1.807) is 18.6 Å². The zero-order valence-electron chi connectivity index (χ0n) is 16.7. The highest BCUT2D eigenvalue weighted by molar-refractivity contribution is 8.00. The first-order valence-electron chi connectivity index (χ1n) is 9.43. The first kappa shape index (κ1) is 23.0. The molecule has 2 aromatic heterocycles. The number of oxime groups is 1. The summed E-state index contributed by atoms with van der Waals surface area (Å²) >= 11 is 3.87. The Morgan fingerprint density at radius 3 is 2.85 bits per heavy atom. The molecule has 33 heavy (non-hydrogen) atoms. The number of hydrogen-bond donors (Lipinski definition) is 4. The van der Waals surface area contributed by atoms with Crippen LogP contribution in [0.5, 0.6) is 0 Å². The third-order valence-corrected chi connectivity index (χ3v) is 7.74. The molecule has 15 heteroatoms. The minimum atomic E-state index is -1.20. The molecule has 2 aliphatic heterocycles. The lowest BCUT2D eigenvalue weighted by atomic mass is 10.0. The Hall–Kier alpha value is -3.17. The molecule has 2 amide bonds. The number of hydrogen-bond acceptors (Lipinski definition) is 12. The molecule has 5 N–H and O–H groups in total. The van der Waals surface area contributed by atoms with Crippen LogP contribution in [0.15, 0.2) is 45.4 Å². The summed E-state index contributed by atoms with van der Waals surface area (Å²) in [5, 5.41) is 26.3. The number of nitrogen functional groups attached to an aromatic ring is 1. The van der Waals surface area contributed by atoms with Gasteiger partial charge in [0.2, 0.25) is 0 Å². The van der Waals surface area contributed by atoms with Crippen molar-refractivity contribution in [3.8, 4) is 0 Å². The summed E-state index contributed by atoms with van der Waals surface area (Å²) in [6, 6.07) is -0.958. The molecule has 2 aliphatic rings. The van der Waals surface area contributed by atoms with Gasteiger partial charge in [0.1, 0.15) is 27.8 Å². The minimum absolute atomic E-state index is 0.0580. The number of nitrogens with zero attached hydrogens (tertiary/aromatic N) is 5. The van der Waals surface area contributed by atoms with E-state index in [-0.39, 0.29) is 22.2 Å². The summed E-state index contributed by atoms with van der Waals surface area (Å²) in [4.78, 5) is 50.5. The molecule has 0 radical (unpaired) electrons. The van der Waals surface area contributed by atoms with E-state index in [1.807, 2.05) is 0 Å². The molecule has 172 valence electrons. The lowest BCUT2D eigenvalue weighted by Crippen LogP contribution is -2.71. The molecule has 2 atom stereocenters. The van der Waals surface area contributed by atoms with Gasteiger partial charge in [0.25, 0.3) is 11.8 Å². The van der Waals surface area contributed by atoms with Crippen LogP contribution in [0.25, 0.3) is 0 Å². The number of carboxylic acids is 1. The van der Waals surface area contributed by atoms with E-state index in [0.717, 1.165) is 16.4 Å². The van der Waals surface area contributed by atoms with Gasteiger partial charge in [0.05, 0.1) is 6.20 Å². The number of anilines is 1. The number of carboxylic acid groups (broad SMARTS) is 1. The van der Waals surface area contributed by atoms with E-state index in [2.05, 4.69) is 25.4 Å². The molecule has 1 fully saturated rings. The normalized spacial score (nSPS) is 20.3. The summed E-state index contributed by atoms with van der Waals surface area (Å²) in [6.07, 6.45) is 5.23. The van der Waals surface area contributed by atoms with Crippen LogP contribution in [0.3, 0.4) is 0 Å². The Morgan fingerprint density at radius 2 is 2.21 bits per heavy atom. The average Bonchev–Trinajstić information content (AvgIpc) is 3.23. The summed E-state index contributed by atoms with van der Waals surface area (Å²) in [5.41, 5.74) is 5.82. The molecule has 2 aromatic rings. The standard InChI is InChI=1S/C18H17N7O5S3/c19-18-22-9(7-33-18)11(24-30)14(26)23-12-15(27)25-13(17(28)29)8(6-32-16(12)25)1-4-31-10-5-20-2-3-21-10/h2-3,5,7,12,16,30H,1,4,6H2,(H2,19,22)(H,23,26)(H,28,29)/b24-11-/t12-,16-/m1/s1. The summed E-state index contributed by atoms with van der Waals surface area (Å²) in [7, 11) is 0. The van der Waals surface area contributed by atoms with Gasteiger partial charge in [-0.3, -0.25) is 19.5 Å². The third kappa shape index (κ3) is 4.65. The van der Waals surface area contributed by atoms with E-state index in [4.69, 9.17) is 5.73 Å². The zero-order valence-corrected chi connectivity index (χ0v) is 19.2. The maximum Gasteiger partial charge on any atom is 0.352 e. The van der Waals surface area contributed by atoms with Gasteiger partial charge in [-0.05, 0) is 12.0 Å². The van der Waals surface area contributed by atoms with Crippen LogP contribution in [-0.4, -0.2) is 76.6 Å². The maximum atomic E-state index is 12.8. The van der Waals surface area contributed by atoms with Crippen molar-refractivity contribution in [2.24, 2.45) is 5.16 Å². The second-order valence-electron chi connectivity index (χ2n) is 6.78. The van der Waals surface area contributed by atoms with Gasteiger partial charge in [0, 0.05) is 29.3 Å². The number of nitrogens with one attached hydrogen (secondary N) is 1. The Morgan fingerprint density at radius 1 is 1.39 bits per heavy atom. The fourth-order valence-electron chi connectivity index (χ4n) is 3.33. The SMILES string of the molecule is Nc1nc(/C(=N/O)C(=O)N[C@@H]2C(=O)N3C(C(=O)O)=C(CCSc4cnccn4)CS[C@H]23)cs1. The molecule has 0 bridgehead atoms. The highest BCUT2D eigenvalue weighted by Crippen LogP contribution is 2.41. The molecular formula is C18H17N7O5S3. The number of carbonyl (C=O) groups is 3. The van der Waals surface area contributed by atoms with Crippen molar-refractivity contribution < 1.29 is 24.7 Å². The number of β-lactam (4-membered cyclic amide) rings is 1. The third-order valence-electron chi connectivity index (χ3n) is 4.81. The molecule has 0 saturated carbocycles. The number of aromatic nitrogens is 3. The number of thiazole rings is 1. The van der Waals surface area contributed by atoms with Crippen LogP contribution in [-0.2, 0) is 14.4 Å². The predicted molar refractivity (Wildman–Crippen MR) is 122 cm³/mol. The van der Waals surface area contributed by atoms with Crippen molar-refractivity contribution in [1.82, 2.24) is 25.2 Å². The molecule has 0 aromatic carbocycles. The van der Waals surface area contributed by atoms with Gasteiger partial charge >= 0.3 is 5.97 Å². The summed E-state index contributed by atoms with van der Waals surface area (Å²) in [5.74, 6) is -1.59. The molecule has 0 aliphatic carbocycles. The molecule has 1 saturated heterocycles. The number of fused-ring (bicyclic) bond motifs is 1. The second-order valence-corrected chi connectivity index (χ2v) is 9.89. The molecule has 4 rings (SSSR count). The van der Waals surface area contributed by atoms with Crippen molar-refractivity contribution in [1.29, 1.82) is 0 Å². The predicted octanol–water partition coefficient (Wildman–Crippen LogP) is 0.615. The van der Waals surface area contributed by atoms with Gasteiger partial charge in [-0.25, -0.2) is 14.8 Å². The lowest BCUT2D eigenvalue weighted by Gasteiger charge is -2.49. The van der Waals surface area contributed by atoms with Crippen molar-refractivity contribution >= 4 is 63.5 Å². The first-order chi connectivity index (χ1) is 15.9. The lowest BCUT2D eigenvalue weighted by molar-refractivity contribution is -0.150. The Bertz CT molecular complexity index is 1150. The van der Waals surface area contributed by atoms with E-state index < -0.39 is 29.2 Å². The minimum Gasteiger partial charge on any atom is -0.477 e. The van der Waals surface area contributed by atoms with Crippen LogP contribution in [0.2, 0.25) is 0 Å². The van der Waals surface area contributed by atoms with Crippen LogP contribution in [0.1, 0.15) is 12.1 Å². The molecule has 12 nitrogen and oxygen atoms in total. The fourth-order valence-corrected chi connectivity index (χ4v) is 6.10. The average molecular weight is 508 g/mol. The Balaban J connectivity index is 1.44. The number of nitrogens with two attached hydrogens (primary N) is 1. The molecular weight excluding hydrogens is 490 g/mol. The smallest absolute Gasteiger partial charge is 0.352 e. The molecule has 0 unspecified atom stereocenters. The monoisotopic (exact) mass is 507 g/mol. The number of aliphatic carboxylic acids is 1. The van der Waals surface area contributed by atoms with Gasteiger partial charge in [-0.1, -0.05) is 5.16 Å². The highest BCUT2D eigenvalue weighted by atomic mass is 32.2. The van der Waals surface area contributed by atoms with E-state index in [1.165, 1.54) is 33.8 Å². The van der Waals surface area contributed by atoms with Crippen molar-refractivity contribution in [2.45, 2.75) is 22.9 Å². The fraction of sp³-hybridized carbons (Fsp3) is 0.278. The maximum absolute atomic E-state index is 12.8. The van der Waals surface area contributed by atoms with Crippen molar-refractivity contribution in [3.05, 3.63) is 40.9 Å². The molecule has 0 spiro atoms. The Labute approximate surface area is 199 Å². The summed E-state index contributed by atoms with van der Waals surface area (Å²) in [6.45, 7) is 0. The van der Waals surface area contributed by atoms with Gasteiger partial charge < -0.3 is 21.4 Å². The van der Waals surface area contributed by atoms with Gasteiger partial charge in [0.15, 0.2) is 10.8 Å². The van der Waals surface area contributed by atoms with Gasteiger partial charge in [-0.2, -0.15) is 0 Å². The number of carbonyl (C=O) groups excluding carboxylic acids is 2. The second kappa shape index (κ2) is 9.76. The van der Waals surface area contributed by atoms with Crippen molar-refractivity contribution in [2.75, 3.05) is 17.2 Å². The van der Waals surface area contributed by atoms with Crippen LogP contribution < -0.4 is 11.1 Å². The topological polar surface area (TPSA) is 184 Å². The van der Waals surface area contributed by atoms with Crippen molar-refractivity contribution in [3.63, 3.8) is 0 Å². The number of thioether (sulfide) groups is 2. The number of rotatable bonds is 8. The van der Waals surface area contributed by atoms with E-state index in [9.17, 15) is 24.7 Å². The highest BCUT2D eigenvalue weighted by Gasteiger charge is 2.54. The summed E-state index contributed by atoms with van der Waals surface area (Å²) < 4.78 is 0. The number of amides is 2. The van der Waals surface area contributed by atoms with E-state index in [0.29, 0.717) is 23.5 Å². The Kier molecular flexibility index (Phi) is 6.80. The van der Waals surface area contributed by atoms with Crippen LogP contribution in [0.4, 0.5) is 5.13 Å². The van der Waals surface area contributed by atoms with E-state index >= 15 is 0 Å². The van der Waals surface area contributed by atoms with Gasteiger partial charge in [-0.15, -0.1) is 34.9 Å². The first-order valence-corrected chi connectivity index (χ1v) is 12.3. The molecule has 4 heterocycles. The largest absolute Gasteiger partial charge is 0.477 e. The van der Waals surface area contributed by atoms with Crippen LogP contribution >= 0.6 is 34.9 Å². The quantitative estimate of drug-likeness (QED) is 0.129. The van der Waals surface area contributed by atoms with Crippen LogP contribution in [0, 0.1) is 0 Å². The zero-order chi connectivity index (χ0) is 23.5.